The third-order valence-corrected chi connectivity index (χ3v) is 4.54. The van der Waals surface area contributed by atoms with Gasteiger partial charge in [0, 0.05) is 44.5 Å². The Morgan fingerprint density at radius 1 is 1.09 bits per heavy atom. The van der Waals surface area contributed by atoms with Crippen LogP contribution in [0, 0.1) is 6.92 Å². The Morgan fingerprint density at radius 3 is 2.70 bits per heavy atom. The molecule has 1 heterocycles. The number of benzene rings is 2. The van der Waals surface area contributed by atoms with E-state index >= 15 is 0 Å². The average molecular weight is 309 g/mol. The Labute approximate surface area is 139 Å². The first-order chi connectivity index (χ1) is 11.3. The first kappa shape index (κ1) is 16.0. The molecule has 3 rings (SSSR count). The maximum Gasteiger partial charge on any atom is 0.0369 e. The Hall–Kier alpha value is -1.84. The second-order valence-electron chi connectivity index (χ2n) is 6.40. The number of nitrogens with one attached hydrogen (secondary N) is 2. The van der Waals surface area contributed by atoms with Crippen LogP contribution in [-0.2, 0) is 6.54 Å². The predicted molar refractivity (Wildman–Crippen MR) is 97.8 cm³/mol. The standard InChI is InChI=1S/C20H27N3/c1-17-7-5-6-10-20(17)22-12-11-19-16-23(14-13-21-19)15-18-8-3-2-4-9-18/h2-10,19,21-22H,11-16H2,1H3/t19-/m1/s1. The van der Waals surface area contributed by atoms with Crippen LogP contribution in [0.15, 0.2) is 54.6 Å². The van der Waals surface area contributed by atoms with E-state index < -0.39 is 0 Å². The summed E-state index contributed by atoms with van der Waals surface area (Å²) in [6.45, 7) is 7.58. The molecular formula is C20H27N3. The van der Waals surface area contributed by atoms with Crippen LogP contribution in [0.2, 0.25) is 0 Å². The number of piperazine rings is 1. The van der Waals surface area contributed by atoms with E-state index in [4.69, 9.17) is 0 Å². The summed E-state index contributed by atoms with van der Waals surface area (Å²) in [5, 5.41) is 7.22. The highest BCUT2D eigenvalue weighted by molar-refractivity contribution is 5.50. The number of nitrogens with zero attached hydrogens (tertiary/aromatic N) is 1. The van der Waals surface area contributed by atoms with Crippen molar-refractivity contribution in [1.29, 1.82) is 0 Å². The molecule has 0 bridgehead atoms. The Morgan fingerprint density at radius 2 is 1.87 bits per heavy atom. The highest BCUT2D eigenvalue weighted by Crippen LogP contribution is 2.14. The van der Waals surface area contributed by atoms with Gasteiger partial charge in [0.1, 0.15) is 0 Å². The molecule has 2 aromatic carbocycles. The van der Waals surface area contributed by atoms with E-state index in [-0.39, 0.29) is 0 Å². The van der Waals surface area contributed by atoms with E-state index in [0.29, 0.717) is 6.04 Å². The molecule has 0 aromatic heterocycles. The van der Waals surface area contributed by atoms with Gasteiger partial charge in [-0.1, -0.05) is 48.5 Å². The fourth-order valence-electron chi connectivity index (χ4n) is 3.23. The molecule has 1 atom stereocenters. The largest absolute Gasteiger partial charge is 0.385 e. The van der Waals surface area contributed by atoms with Gasteiger partial charge in [0.2, 0.25) is 0 Å². The molecule has 0 unspecified atom stereocenters. The lowest BCUT2D eigenvalue weighted by Gasteiger charge is -2.34. The van der Waals surface area contributed by atoms with Crippen LogP contribution in [0.25, 0.3) is 0 Å². The molecule has 1 aliphatic heterocycles. The van der Waals surface area contributed by atoms with Crippen LogP contribution >= 0.6 is 0 Å². The quantitative estimate of drug-likeness (QED) is 0.857. The maximum absolute atomic E-state index is 3.65. The van der Waals surface area contributed by atoms with Crippen LogP contribution in [0.1, 0.15) is 17.5 Å². The van der Waals surface area contributed by atoms with Crippen LogP contribution < -0.4 is 10.6 Å². The van der Waals surface area contributed by atoms with E-state index in [0.717, 1.165) is 39.1 Å². The lowest BCUT2D eigenvalue weighted by molar-refractivity contribution is 0.189. The number of para-hydroxylation sites is 1. The molecule has 0 saturated carbocycles. The van der Waals surface area contributed by atoms with Gasteiger partial charge >= 0.3 is 0 Å². The van der Waals surface area contributed by atoms with Crippen molar-refractivity contribution in [3.05, 3.63) is 65.7 Å². The molecule has 2 aromatic rings. The van der Waals surface area contributed by atoms with Gasteiger partial charge in [0.15, 0.2) is 0 Å². The third kappa shape index (κ3) is 4.81. The molecule has 0 spiro atoms. The molecule has 23 heavy (non-hydrogen) atoms. The molecule has 0 radical (unpaired) electrons. The number of hydrogen-bond donors (Lipinski definition) is 2. The van der Waals surface area contributed by atoms with Crippen molar-refractivity contribution in [2.45, 2.75) is 25.9 Å². The molecule has 1 aliphatic rings. The fourth-order valence-corrected chi connectivity index (χ4v) is 3.23. The van der Waals surface area contributed by atoms with E-state index in [2.05, 4.69) is 77.1 Å². The molecule has 3 nitrogen and oxygen atoms in total. The molecule has 3 heteroatoms. The predicted octanol–water partition coefficient (Wildman–Crippen LogP) is 3.27. The summed E-state index contributed by atoms with van der Waals surface area (Å²) in [5.41, 5.74) is 3.98. The number of hydrogen-bond acceptors (Lipinski definition) is 3. The molecule has 122 valence electrons. The normalized spacial score (nSPS) is 18.7. The first-order valence-electron chi connectivity index (χ1n) is 8.60. The van der Waals surface area contributed by atoms with Gasteiger partial charge in [-0.15, -0.1) is 0 Å². The van der Waals surface area contributed by atoms with Crippen molar-refractivity contribution in [3.8, 4) is 0 Å². The van der Waals surface area contributed by atoms with Crippen LogP contribution in [0.4, 0.5) is 5.69 Å². The zero-order valence-electron chi connectivity index (χ0n) is 14.0. The third-order valence-electron chi connectivity index (χ3n) is 4.54. The van der Waals surface area contributed by atoms with Crippen LogP contribution in [0.5, 0.6) is 0 Å². The summed E-state index contributed by atoms with van der Waals surface area (Å²) in [6.07, 6.45) is 1.15. The summed E-state index contributed by atoms with van der Waals surface area (Å²) in [7, 11) is 0. The average Bonchev–Trinajstić information content (AvgIpc) is 2.58. The van der Waals surface area contributed by atoms with E-state index in [1.807, 2.05) is 0 Å². The van der Waals surface area contributed by atoms with Crippen molar-refractivity contribution in [2.24, 2.45) is 0 Å². The minimum atomic E-state index is 0.573. The Kier molecular flexibility index (Phi) is 5.67. The summed E-state index contributed by atoms with van der Waals surface area (Å²) in [5.74, 6) is 0. The molecule has 1 saturated heterocycles. The van der Waals surface area contributed by atoms with Gasteiger partial charge in [-0.25, -0.2) is 0 Å². The Balaban J connectivity index is 1.44. The van der Waals surface area contributed by atoms with E-state index in [1.165, 1.54) is 16.8 Å². The highest BCUT2D eigenvalue weighted by Gasteiger charge is 2.18. The zero-order chi connectivity index (χ0) is 15.9. The van der Waals surface area contributed by atoms with Gasteiger partial charge in [0.05, 0.1) is 0 Å². The molecular weight excluding hydrogens is 282 g/mol. The summed E-state index contributed by atoms with van der Waals surface area (Å²) in [4.78, 5) is 2.56. The van der Waals surface area contributed by atoms with Crippen molar-refractivity contribution >= 4 is 5.69 Å². The monoisotopic (exact) mass is 309 g/mol. The van der Waals surface area contributed by atoms with Crippen molar-refractivity contribution in [2.75, 3.05) is 31.5 Å². The topological polar surface area (TPSA) is 27.3 Å². The van der Waals surface area contributed by atoms with E-state index in [9.17, 15) is 0 Å². The van der Waals surface area contributed by atoms with Gasteiger partial charge in [0.25, 0.3) is 0 Å². The second kappa shape index (κ2) is 8.14. The van der Waals surface area contributed by atoms with Crippen molar-refractivity contribution in [3.63, 3.8) is 0 Å². The van der Waals surface area contributed by atoms with Crippen molar-refractivity contribution in [1.82, 2.24) is 10.2 Å². The lowest BCUT2D eigenvalue weighted by atomic mass is 10.1. The molecule has 0 aliphatic carbocycles. The van der Waals surface area contributed by atoms with Gasteiger partial charge in [-0.05, 0) is 30.5 Å². The fraction of sp³-hybridized carbons (Fsp3) is 0.400. The number of aryl methyl sites for hydroxylation is 1. The Bertz CT molecular complexity index is 597. The smallest absolute Gasteiger partial charge is 0.0369 e. The maximum atomic E-state index is 3.65. The highest BCUT2D eigenvalue weighted by atomic mass is 15.2. The first-order valence-corrected chi connectivity index (χ1v) is 8.60. The van der Waals surface area contributed by atoms with Gasteiger partial charge in [-0.2, -0.15) is 0 Å². The van der Waals surface area contributed by atoms with E-state index in [1.54, 1.807) is 0 Å². The minimum Gasteiger partial charge on any atom is -0.385 e. The van der Waals surface area contributed by atoms with Gasteiger partial charge in [-0.3, -0.25) is 4.90 Å². The summed E-state index contributed by atoms with van der Waals surface area (Å²) < 4.78 is 0. The van der Waals surface area contributed by atoms with Crippen LogP contribution in [-0.4, -0.2) is 37.1 Å². The second-order valence-corrected chi connectivity index (χ2v) is 6.40. The zero-order valence-corrected chi connectivity index (χ0v) is 14.0. The summed E-state index contributed by atoms with van der Waals surface area (Å²) in [6, 6.07) is 19.8. The number of rotatable bonds is 6. The lowest BCUT2D eigenvalue weighted by Crippen LogP contribution is -2.50. The number of anilines is 1. The molecule has 1 fully saturated rings. The molecule has 2 N–H and O–H groups in total. The minimum absolute atomic E-state index is 0.573. The van der Waals surface area contributed by atoms with Crippen molar-refractivity contribution < 1.29 is 0 Å². The van der Waals surface area contributed by atoms with Crippen LogP contribution in [0.3, 0.4) is 0 Å². The van der Waals surface area contributed by atoms with Gasteiger partial charge < -0.3 is 10.6 Å². The SMILES string of the molecule is Cc1ccccc1NCC[C@@H]1CN(Cc2ccccc2)CCN1. The molecule has 0 amide bonds. The summed E-state index contributed by atoms with van der Waals surface area (Å²) >= 11 is 0.